The lowest BCUT2D eigenvalue weighted by Gasteiger charge is -2.43. The Hall–Kier alpha value is -1.34. The fourth-order valence-corrected chi connectivity index (χ4v) is 6.54. The molecule has 3 rings (SSSR count). The summed E-state index contributed by atoms with van der Waals surface area (Å²) in [5.74, 6) is 8.34. The number of aliphatic hydroxyl groups excluding tert-OH is 2. The van der Waals surface area contributed by atoms with Crippen LogP contribution in [0, 0.1) is 35.0 Å². The number of fused-ring (bicyclic) bond motifs is 1. The molecule has 6 atom stereocenters. The summed E-state index contributed by atoms with van der Waals surface area (Å²) in [5.41, 5.74) is 2.89. The molecule has 0 radical (unpaired) electrons. The van der Waals surface area contributed by atoms with Crippen molar-refractivity contribution in [2.24, 2.45) is 23.2 Å². The third kappa shape index (κ3) is 5.24. The van der Waals surface area contributed by atoms with Gasteiger partial charge >= 0.3 is 0 Å². The maximum absolute atomic E-state index is 10.5. The van der Waals surface area contributed by atoms with Gasteiger partial charge in [-0.05, 0) is 79.8 Å². The van der Waals surface area contributed by atoms with E-state index in [0.717, 1.165) is 30.4 Å². The van der Waals surface area contributed by atoms with Crippen molar-refractivity contribution >= 4 is 0 Å². The first kappa shape index (κ1) is 25.3. The van der Waals surface area contributed by atoms with Crippen molar-refractivity contribution in [2.45, 2.75) is 110 Å². The van der Waals surface area contributed by atoms with Crippen LogP contribution in [0.15, 0.2) is 35.5 Å². The van der Waals surface area contributed by atoms with Gasteiger partial charge in [-0.15, -0.1) is 5.92 Å². The first-order valence-electron chi connectivity index (χ1n) is 12.8. The van der Waals surface area contributed by atoms with Crippen molar-refractivity contribution in [1.29, 1.82) is 0 Å². The van der Waals surface area contributed by atoms with Crippen LogP contribution >= 0.6 is 0 Å². The van der Waals surface area contributed by atoms with E-state index in [-0.39, 0.29) is 5.41 Å². The smallest absolute Gasteiger partial charge is 0.0811 e. The van der Waals surface area contributed by atoms with Gasteiger partial charge in [-0.25, -0.2) is 0 Å². The second kappa shape index (κ2) is 10.3. The molecule has 3 N–H and O–H groups in total. The predicted octanol–water partition coefficient (Wildman–Crippen LogP) is 5.71. The first-order chi connectivity index (χ1) is 15.1. The summed E-state index contributed by atoms with van der Waals surface area (Å²) in [6.45, 7) is 12.9. The zero-order chi connectivity index (χ0) is 23.5. The van der Waals surface area contributed by atoms with Crippen LogP contribution < -0.4 is 0 Å². The fourth-order valence-electron chi connectivity index (χ4n) is 6.54. The van der Waals surface area contributed by atoms with E-state index in [1.165, 1.54) is 31.3 Å². The lowest BCUT2D eigenvalue weighted by Crippen LogP contribution is -2.35. The zero-order valence-electron chi connectivity index (χ0n) is 20.7. The van der Waals surface area contributed by atoms with Gasteiger partial charge < -0.3 is 15.3 Å². The second-order valence-electron chi connectivity index (χ2n) is 10.9. The Labute approximate surface area is 195 Å². The highest BCUT2D eigenvalue weighted by Gasteiger charge is 2.50. The molecule has 2 unspecified atom stereocenters. The molecule has 3 aliphatic rings. The van der Waals surface area contributed by atoms with E-state index in [1.54, 1.807) is 0 Å². The molecule has 0 heterocycles. The van der Waals surface area contributed by atoms with Crippen LogP contribution in [0.25, 0.3) is 0 Å². The molecule has 3 nitrogen and oxygen atoms in total. The van der Waals surface area contributed by atoms with E-state index >= 15 is 0 Å². The van der Waals surface area contributed by atoms with Crippen LogP contribution in [0.5, 0.6) is 0 Å². The Morgan fingerprint density at radius 2 is 1.94 bits per heavy atom. The Morgan fingerprint density at radius 1 is 1.22 bits per heavy atom. The molecule has 32 heavy (non-hydrogen) atoms. The molecular weight excluding hydrogens is 396 g/mol. The monoisotopic (exact) mass is 440 g/mol. The molecule has 3 heteroatoms. The molecule has 0 bridgehead atoms. The van der Waals surface area contributed by atoms with Gasteiger partial charge in [0.2, 0.25) is 0 Å². The lowest BCUT2D eigenvalue weighted by atomic mass is 9.61. The molecule has 0 aromatic heterocycles. The largest absolute Gasteiger partial charge is 0.393 e. The highest BCUT2D eigenvalue weighted by atomic mass is 16.3. The van der Waals surface area contributed by atoms with Gasteiger partial charge in [0.05, 0.1) is 17.8 Å². The van der Waals surface area contributed by atoms with Gasteiger partial charge in [0.15, 0.2) is 0 Å². The van der Waals surface area contributed by atoms with Crippen LogP contribution in [0.1, 0.15) is 91.9 Å². The number of rotatable bonds is 5. The third-order valence-electron chi connectivity index (χ3n) is 8.97. The van der Waals surface area contributed by atoms with Crippen molar-refractivity contribution in [2.75, 3.05) is 0 Å². The van der Waals surface area contributed by atoms with Crippen LogP contribution in [0.3, 0.4) is 0 Å². The SMILES string of the molecule is C=C1C(=CC=C2CCC[C@]3(C)C(C(C)C#CCC(O)(CC)CC)CC[C@@H]23)C[C@@H](O)C[C@@H]1O. The van der Waals surface area contributed by atoms with Gasteiger partial charge in [0, 0.05) is 18.8 Å². The molecular formula is C29H44O3. The van der Waals surface area contributed by atoms with E-state index in [0.29, 0.717) is 37.0 Å². The maximum atomic E-state index is 10.5. The van der Waals surface area contributed by atoms with Crippen LogP contribution in [-0.2, 0) is 0 Å². The molecule has 3 aliphatic carbocycles. The van der Waals surface area contributed by atoms with Crippen molar-refractivity contribution in [1.82, 2.24) is 0 Å². The minimum atomic E-state index is -0.645. The fraction of sp³-hybridized carbons (Fsp3) is 0.724. The van der Waals surface area contributed by atoms with E-state index in [9.17, 15) is 15.3 Å². The van der Waals surface area contributed by atoms with Crippen LogP contribution in [0.2, 0.25) is 0 Å². The summed E-state index contributed by atoms with van der Waals surface area (Å²) in [4.78, 5) is 0. The molecule has 0 amide bonds. The van der Waals surface area contributed by atoms with Crippen LogP contribution in [0.4, 0.5) is 0 Å². The standard InChI is InChI=1S/C29H44O3/c1-6-29(32,7-2)17-8-10-20(3)25-14-15-26-22(11-9-16-28(25,26)5)12-13-23-18-24(30)19-27(31)21(23)4/h12-13,20,24-27,30-32H,4,6-7,9,11,14-19H2,1-3,5H3/t20?,24-,25?,26+,27+,28-/m1/s1. The maximum Gasteiger partial charge on any atom is 0.0811 e. The number of hydrogen-bond donors (Lipinski definition) is 3. The average Bonchev–Trinajstić information content (AvgIpc) is 3.12. The molecule has 178 valence electrons. The van der Waals surface area contributed by atoms with Gasteiger partial charge in [0.1, 0.15) is 0 Å². The van der Waals surface area contributed by atoms with E-state index in [2.05, 4.69) is 44.4 Å². The number of allylic oxidation sites excluding steroid dienone is 3. The number of hydrogen-bond acceptors (Lipinski definition) is 3. The van der Waals surface area contributed by atoms with Crippen LogP contribution in [-0.4, -0.2) is 33.1 Å². The lowest BCUT2D eigenvalue weighted by molar-refractivity contribution is 0.0374. The average molecular weight is 441 g/mol. The van der Waals surface area contributed by atoms with Gasteiger partial charge in [0.25, 0.3) is 0 Å². The van der Waals surface area contributed by atoms with Crippen molar-refractivity contribution in [3.63, 3.8) is 0 Å². The Morgan fingerprint density at radius 3 is 2.62 bits per heavy atom. The first-order valence-corrected chi connectivity index (χ1v) is 12.8. The summed E-state index contributed by atoms with van der Waals surface area (Å²) in [5, 5.41) is 30.7. The predicted molar refractivity (Wildman–Crippen MR) is 132 cm³/mol. The third-order valence-corrected chi connectivity index (χ3v) is 8.97. The summed E-state index contributed by atoms with van der Waals surface area (Å²) in [6, 6.07) is 0. The molecule has 0 aromatic rings. The van der Waals surface area contributed by atoms with E-state index in [1.807, 2.05) is 13.8 Å². The van der Waals surface area contributed by atoms with Crippen molar-refractivity contribution in [3.05, 3.63) is 35.5 Å². The van der Waals surface area contributed by atoms with Gasteiger partial charge in [-0.1, -0.05) is 57.9 Å². The highest BCUT2D eigenvalue weighted by Crippen LogP contribution is 2.59. The quantitative estimate of drug-likeness (QED) is 0.480. The normalized spacial score (nSPS) is 36.7. The second-order valence-corrected chi connectivity index (χ2v) is 10.9. The van der Waals surface area contributed by atoms with Crippen molar-refractivity contribution in [3.8, 4) is 11.8 Å². The Kier molecular flexibility index (Phi) is 8.13. The molecule has 0 saturated heterocycles. The number of aliphatic hydroxyl groups is 3. The molecule has 3 saturated carbocycles. The minimum absolute atomic E-state index is 0.269. The summed E-state index contributed by atoms with van der Waals surface area (Å²) in [7, 11) is 0. The summed E-state index contributed by atoms with van der Waals surface area (Å²) >= 11 is 0. The minimum Gasteiger partial charge on any atom is -0.393 e. The van der Waals surface area contributed by atoms with Gasteiger partial charge in [-0.2, -0.15) is 0 Å². The van der Waals surface area contributed by atoms with E-state index in [4.69, 9.17) is 0 Å². The molecule has 0 spiro atoms. The summed E-state index contributed by atoms with van der Waals surface area (Å²) < 4.78 is 0. The Balaban J connectivity index is 1.74. The van der Waals surface area contributed by atoms with Crippen molar-refractivity contribution < 1.29 is 15.3 Å². The van der Waals surface area contributed by atoms with E-state index < -0.39 is 17.8 Å². The zero-order valence-corrected chi connectivity index (χ0v) is 20.7. The highest BCUT2D eigenvalue weighted by molar-refractivity contribution is 5.38. The Bertz CT molecular complexity index is 806. The molecule has 0 aromatic carbocycles. The summed E-state index contributed by atoms with van der Waals surface area (Å²) in [6.07, 6.45) is 12.3. The molecule has 0 aliphatic heterocycles. The topological polar surface area (TPSA) is 60.7 Å². The molecule has 3 fully saturated rings. The van der Waals surface area contributed by atoms with Gasteiger partial charge in [-0.3, -0.25) is 0 Å².